The van der Waals surface area contributed by atoms with E-state index in [1.165, 1.54) is 17.7 Å². The molecule has 4 heteroatoms. The second-order valence-electron chi connectivity index (χ2n) is 4.96. The van der Waals surface area contributed by atoms with Crippen molar-refractivity contribution in [2.45, 2.75) is 18.9 Å². The maximum atomic E-state index is 13.4. The van der Waals surface area contributed by atoms with E-state index in [-0.39, 0.29) is 11.9 Å². The molecule has 1 aliphatic rings. The van der Waals surface area contributed by atoms with Gasteiger partial charge in [0.05, 0.1) is 12.6 Å². The first-order valence-electron chi connectivity index (χ1n) is 6.61. The third kappa shape index (κ3) is 2.58. The van der Waals surface area contributed by atoms with Gasteiger partial charge in [0.2, 0.25) is 0 Å². The number of halogens is 2. The van der Waals surface area contributed by atoms with Crippen molar-refractivity contribution in [2.24, 2.45) is 5.73 Å². The fourth-order valence-corrected chi connectivity index (χ4v) is 3.00. The maximum Gasteiger partial charge on any atom is 0.123 e. The predicted octanol–water partition coefficient (Wildman–Crippen LogP) is 3.96. The van der Waals surface area contributed by atoms with Crippen molar-refractivity contribution >= 4 is 15.9 Å². The normalized spacial score (nSPS) is 15.3. The lowest BCUT2D eigenvalue weighted by Gasteiger charge is -2.20. The predicted molar refractivity (Wildman–Crippen MR) is 80.4 cm³/mol. The number of rotatable bonds is 2. The van der Waals surface area contributed by atoms with Gasteiger partial charge in [0, 0.05) is 4.47 Å². The molecule has 2 aromatic carbocycles. The minimum Gasteiger partial charge on any atom is -0.493 e. The molecule has 2 N–H and O–H groups in total. The molecule has 2 nitrogen and oxygen atoms in total. The van der Waals surface area contributed by atoms with Gasteiger partial charge < -0.3 is 10.5 Å². The summed E-state index contributed by atoms with van der Waals surface area (Å²) in [5, 5.41) is 0. The van der Waals surface area contributed by atoms with E-state index in [0.717, 1.165) is 40.8 Å². The summed E-state index contributed by atoms with van der Waals surface area (Å²) < 4.78 is 19.8. The summed E-state index contributed by atoms with van der Waals surface area (Å²) in [6, 6.07) is 10.2. The molecule has 20 heavy (non-hydrogen) atoms. The first-order valence-corrected chi connectivity index (χ1v) is 7.40. The minimum absolute atomic E-state index is 0.278. The van der Waals surface area contributed by atoms with E-state index in [2.05, 4.69) is 22.0 Å². The number of ether oxygens (including phenoxy) is 1. The Hall–Kier alpha value is -1.39. The average molecular weight is 336 g/mol. The minimum atomic E-state index is -0.354. The van der Waals surface area contributed by atoms with Crippen LogP contribution in [0.5, 0.6) is 5.75 Å². The second kappa shape index (κ2) is 5.54. The standard InChI is InChI=1S/C16H15BrFNO/c17-14-5-4-12(18)9-13(14)16(19)11-3-6-15-10(8-11)2-1-7-20-15/h3-6,8-9,16H,1-2,7,19H2. The third-order valence-corrected chi connectivity index (χ3v) is 4.31. The van der Waals surface area contributed by atoms with E-state index in [1.54, 1.807) is 6.07 Å². The summed E-state index contributed by atoms with van der Waals surface area (Å²) in [5.41, 5.74) is 9.18. The fraction of sp³-hybridized carbons (Fsp3) is 0.250. The van der Waals surface area contributed by atoms with Gasteiger partial charge in [0.1, 0.15) is 11.6 Å². The summed E-state index contributed by atoms with van der Waals surface area (Å²) >= 11 is 3.43. The van der Waals surface area contributed by atoms with Crippen LogP contribution in [0.2, 0.25) is 0 Å². The highest BCUT2D eigenvalue weighted by atomic mass is 79.9. The van der Waals surface area contributed by atoms with Crippen LogP contribution in [0, 0.1) is 5.82 Å². The van der Waals surface area contributed by atoms with E-state index in [1.807, 2.05) is 12.1 Å². The van der Waals surface area contributed by atoms with Crippen molar-refractivity contribution in [3.63, 3.8) is 0 Å². The van der Waals surface area contributed by atoms with Gasteiger partial charge in [-0.3, -0.25) is 0 Å². The number of fused-ring (bicyclic) bond motifs is 1. The number of hydrogen-bond donors (Lipinski definition) is 1. The highest BCUT2D eigenvalue weighted by Crippen LogP contribution is 2.32. The molecule has 2 aromatic rings. The van der Waals surface area contributed by atoms with Crippen molar-refractivity contribution in [1.29, 1.82) is 0 Å². The monoisotopic (exact) mass is 335 g/mol. The fourth-order valence-electron chi connectivity index (χ4n) is 2.51. The molecule has 1 atom stereocenters. The molecule has 0 spiro atoms. The molecule has 0 bridgehead atoms. The molecule has 0 aliphatic carbocycles. The highest BCUT2D eigenvalue weighted by Gasteiger charge is 2.17. The van der Waals surface area contributed by atoms with Crippen LogP contribution in [0.4, 0.5) is 4.39 Å². The van der Waals surface area contributed by atoms with E-state index >= 15 is 0 Å². The average Bonchev–Trinajstić information content (AvgIpc) is 2.48. The first kappa shape index (κ1) is 13.6. The Labute approximate surface area is 125 Å². The molecule has 0 fully saturated rings. The quantitative estimate of drug-likeness (QED) is 0.901. The van der Waals surface area contributed by atoms with Crippen LogP contribution in [-0.4, -0.2) is 6.61 Å². The van der Waals surface area contributed by atoms with Crippen molar-refractivity contribution in [1.82, 2.24) is 0 Å². The van der Waals surface area contributed by atoms with Gasteiger partial charge in [-0.2, -0.15) is 0 Å². The lowest BCUT2D eigenvalue weighted by atomic mass is 9.95. The lowest BCUT2D eigenvalue weighted by Crippen LogP contribution is -2.15. The van der Waals surface area contributed by atoms with Crippen LogP contribution in [0.25, 0.3) is 0 Å². The molecule has 0 amide bonds. The zero-order chi connectivity index (χ0) is 14.1. The van der Waals surface area contributed by atoms with Gasteiger partial charge >= 0.3 is 0 Å². The smallest absolute Gasteiger partial charge is 0.123 e. The van der Waals surface area contributed by atoms with Gasteiger partial charge in [0.15, 0.2) is 0 Å². The van der Waals surface area contributed by atoms with Crippen molar-refractivity contribution in [3.8, 4) is 5.75 Å². The molecule has 0 radical (unpaired) electrons. The summed E-state index contributed by atoms with van der Waals surface area (Å²) in [6.07, 6.45) is 2.02. The van der Waals surface area contributed by atoms with Crippen LogP contribution in [0.15, 0.2) is 40.9 Å². The highest BCUT2D eigenvalue weighted by molar-refractivity contribution is 9.10. The Bertz CT molecular complexity index is 644. The molecule has 104 valence electrons. The van der Waals surface area contributed by atoms with Gasteiger partial charge in [-0.15, -0.1) is 0 Å². The number of aryl methyl sites for hydroxylation is 1. The first-order chi connectivity index (χ1) is 9.65. The Morgan fingerprint density at radius 1 is 1.20 bits per heavy atom. The number of nitrogens with two attached hydrogens (primary N) is 1. The molecular weight excluding hydrogens is 321 g/mol. The molecule has 0 saturated heterocycles. The van der Waals surface area contributed by atoms with Crippen molar-refractivity contribution in [2.75, 3.05) is 6.61 Å². The third-order valence-electron chi connectivity index (χ3n) is 3.58. The van der Waals surface area contributed by atoms with Crippen molar-refractivity contribution < 1.29 is 9.13 Å². The van der Waals surface area contributed by atoms with Crippen LogP contribution in [0.1, 0.15) is 29.2 Å². The zero-order valence-electron chi connectivity index (χ0n) is 10.9. The summed E-state index contributed by atoms with van der Waals surface area (Å²) in [7, 11) is 0. The van der Waals surface area contributed by atoms with E-state index in [4.69, 9.17) is 10.5 Å². The molecule has 1 unspecified atom stereocenters. The topological polar surface area (TPSA) is 35.2 Å². The number of hydrogen-bond acceptors (Lipinski definition) is 2. The molecule has 0 saturated carbocycles. The van der Waals surface area contributed by atoms with E-state index in [0.29, 0.717) is 0 Å². The molecule has 1 heterocycles. The molecule has 0 aromatic heterocycles. The Kier molecular flexibility index (Phi) is 3.76. The van der Waals surface area contributed by atoms with Crippen LogP contribution in [-0.2, 0) is 6.42 Å². The molecule has 3 rings (SSSR count). The molecule has 1 aliphatic heterocycles. The van der Waals surface area contributed by atoms with E-state index in [9.17, 15) is 4.39 Å². The van der Waals surface area contributed by atoms with Gasteiger partial charge in [-0.05, 0) is 53.8 Å². The lowest BCUT2D eigenvalue weighted by molar-refractivity contribution is 0.288. The Balaban J connectivity index is 1.97. The summed E-state index contributed by atoms with van der Waals surface area (Å²) in [5.74, 6) is 0.658. The van der Waals surface area contributed by atoms with Crippen LogP contribution >= 0.6 is 15.9 Å². The van der Waals surface area contributed by atoms with Crippen molar-refractivity contribution in [3.05, 3.63) is 63.4 Å². The largest absolute Gasteiger partial charge is 0.493 e. The Morgan fingerprint density at radius 3 is 2.90 bits per heavy atom. The molecular formula is C16H15BrFNO. The zero-order valence-corrected chi connectivity index (χ0v) is 12.5. The maximum absolute atomic E-state index is 13.4. The summed E-state index contributed by atoms with van der Waals surface area (Å²) in [6.45, 7) is 0.772. The number of benzene rings is 2. The Morgan fingerprint density at radius 2 is 2.05 bits per heavy atom. The summed E-state index contributed by atoms with van der Waals surface area (Å²) in [4.78, 5) is 0. The SMILES string of the molecule is NC(c1ccc2c(c1)CCCO2)c1cc(F)ccc1Br. The van der Waals surface area contributed by atoms with E-state index < -0.39 is 0 Å². The van der Waals surface area contributed by atoms with Crippen LogP contribution < -0.4 is 10.5 Å². The van der Waals surface area contributed by atoms with Crippen LogP contribution in [0.3, 0.4) is 0 Å². The second-order valence-corrected chi connectivity index (χ2v) is 5.82. The van der Waals surface area contributed by atoms with Gasteiger partial charge in [-0.1, -0.05) is 28.1 Å². The van der Waals surface area contributed by atoms with Gasteiger partial charge in [-0.25, -0.2) is 4.39 Å². The van der Waals surface area contributed by atoms with Gasteiger partial charge in [0.25, 0.3) is 0 Å².